The zero-order chi connectivity index (χ0) is 25.8. The van der Waals surface area contributed by atoms with Gasteiger partial charge in [-0.2, -0.15) is 26.3 Å². The molecule has 0 radical (unpaired) electrons. The maximum atomic E-state index is 13.2. The number of ether oxygens (including phenoxy) is 1. The summed E-state index contributed by atoms with van der Waals surface area (Å²) in [5.74, 6) is -0.324. The molecule has 1 saturated heterocycles. The zero-order valence-electron chi connectivity index (χ0n) is 19.1. The van der Waals surface area contributed by atoms with Gasteiger partial charge in [-0.05, 0) is 48.7 Å². The predicted molar refractivity (Wildman–Crippen MR) is 118 cm³/mol. The van der Waals surface area contributed by atoms with Gasteiger partial charge in [0.2, 0.25) is 5.91 Å². The van der Waals surface area contributed by atoms with Gasteiger partial charge in [-0.15, -0.1) is 0 Å². The van der Waals surface area contributed by atoms with Crippen LogP contribution in [0, 0.1) is 5.92 Å². The van der Waals surface area contributed by atoms with Crippen molar-refractivity contribution >= 4 is 5.91 Å². The van der Waals surface area contributed by atoms with E-state index in [1.807, 2.05) is 30.3 Å². The fourth-order valence-corrected chi connectivity index (χ4v) is 4.14. The number of alkyl halides is 6. The molecule has 1 fully saturated rings. The molecule has 0 aromatic heterocycles. The molecule has 2 aromatic rings. The number of piperidine rings is 1. The molecule has 2 N–H and O–H groups in total. The average Bonchev–Trinajstić information content (AvgIpc) is 2.78. The van der Waals surface area contributed by atoms with Gasteiger partial charge in [-0.25, -0.2) is 0 Å². The van der Waals surface area contributed by atoms with Gasteiger partial charge in [0.05, 0.1) is 17.4 Å². The summed E-state index contributed by atoms with van der Waals surface area (Å²) in [5.41, 5.74) is -2.01. The van der Waals surface area contributed by atoms with Crippen LogP contribution in [0.3, 0.4) is 0 Å². The van der Waals surface area contributed by atoms with Crippen LogP contribution in [0.15, 0.2) is 60.9 Å². The van der Waals surface area contributed by atoms with Crippen LogP contribution in [-0.4, -0.2) is 18.5 Å². The molecule has 2 unspecified atom stereocenters. The van der Waals surface area contributed by atoms with Crippen LogP contribution in [0.2, 0.25) is 0 Å². The molecule has 4 atom stereocenters. The summed E-state index contributed by atoms with van der Waals surface area (Å²) in [7, 11) is 0. The maximum absolute atomic E-state index is 13.2. The number of nitrogens with one attached hydrogen (secondary N) is 2. The number of benzene rings is 2. The van der Waals surface area contributed by atoms with Crippen molar-refractivity contribution in [3.8, 4) is 0 Å². The SMILES string of the molecule is CC(=O)NC1CN[C@H](c2ccccc2)C(/C=C/O[C@H](C)c2cc(C(F)(F)F)cc(C(F)(F)F)c2)C1. The van der Waals surface area contributed by atoms with Gasteiger partial charge in [-0.1, -0.05) is 30.3 Å². The number of rotatable bonds is 6. The molecule has 1 amide bonds. The molecular formula is C25H26F6N2O2. The van der Waals surface area contributed by atoms with Crippen LogP contribution >= 0.6 is 0 Å². The summed E-state index contributed by atoms with van der Waals surface area (Å²) in [4.78, 5) is 11.5. The Kier molecular flexibility index (Phi) is 8.15. The fraction of sp³-hybridized carbons (Fsp3) is 0.400. The first-order valence-electron chi connectivity index (χ1n) is 11.0. The zero-order valence-corrected chi connectivity index (χ0v) is 19.1. The lowest BCUT2D eigenvalue weighted by Crippen LogP contribution is -2.49. The smallest absolute Gasteiger partial charge is 0.416 e. The van der Waals surface area contributed by atoms with E-state index in [4.69, 9.17) is 4.74 Å². The molecule has 4 nitrogen and oxygen atoms in total. The fourth-order valence-electron chi connectivity index (χ4n) is 4.14. The van der Waals surface area contributed by atoms with E-state index in [-0.39, 0.29) is 35.5 Å². The summed E-state index contributed by atoms with van der Waals surface area (Å²) in [6.45, 7) is 3.35. The number of hydrogen-bond donors (Lipinski definition) is 2. The second-order valence-corrected chi connectivity index (χ2v) is 8.54. The van der Waals surface area contributed by atoms with Crippen LogP contribution in [0.1, 0.15) is 54.7 Å². The van der Waals surface area contributed by atoms with E-state index in [9.17, 15) is 31.1 Å². The highest BCUT2D eigenvalue weighted by molar-refractivity contribution is 5.73. The van der Waals surface area contributed by atoms with Crippen molar-refractivity contribution in [1.29, 1.82) is 0 Å². The van der Waals surface area contributed by atoms with Gasteiger partial charge in [-0.3, -0.25) is 4.79 Å². The molecule has 2 aromatic carbocycles. The minimum absolute atomic E-state index is 0.0897. The second kappa shape index (κ2) is 10.7. The van der Waals surface area contributed by atoms with Gasteiger partial charge < -0.3 is 15.4 Å². The largest absolute Gasteiger partial charge is 0.494 e. The highest BCUT2D eigenvalue weighted by atomic mass is 19.4. The standard InChI is InChI=1S/C25H26F6N2O2/c1-15(19-10-20(24(26,27)28)13-21(11-19)25(29,30)31)35-9-8-18-12-22(33-16(2)34)14-32-23(18)17-6-4-3-5-7-17/h3-11,13,15,18,22-23,32H,12,14H2,1-2H3,(H,33,34)/b9-8+/t15-,18?,22?,23-/m1/s1. The van der Waals surface area contributed by atoms with Gasteiger partial charge in [0.1, 0.15) is 6.10 Å². The predicted octanol–water partition coefficient (Wildman–Crippen LogP) is 6.17. The third-order valence-electron chi connectivity index (χ3n) is 5.82. The third-order valence-corrected chi connectivity index (χ3v) is 5.82. The molecule has 0 spiro atoms. The first-order valence-corrected chi connectivity index (χ1v) is 11.0. The highest BCUT2D eigenvalue weighted by Gasteiger charge is 2.37. The number of carbonyl (C=O) groups is 1. The Labute approximate surface area is 199 Å². The number of hydrogen-bond acceptors (Lipinski definition) is 3. The molecular weight excluding hydrogens is 474 g/mol. The topological polar surface area (TPSA) is 50.4 Å². The monoisotopic (exact) mass is 500 g/mol. The molecule has 10 heteroatoms. The van der Waals surface area contributed by atoms with E-state index in [1.54, 1.807) is 6.08 Å². The molecule has 35 heavy (non-hydrogen) atoms. The maximum Gasteiger partial charge on any atom is 0.416 e. The molecule has 0 bridgehead atoms. The lowest BCUT2D eigenvalue weighted by Gasteiger charge is -2.36. The summed E-state index contributed by atoms with van der Waals surface area (Å²) < 4.78 is 84.5. The van der Waals surface area contributed by atoms with Crippen molar-refractivity contribution in [3.63, 3.8) is 0 Å². The number of carbonyl (C=O) groups excluding carboxylic acids is 1. The lowest BCUT2D eigenvalue weighted by molar-refractivity contribution is -0.143. The Balaban J connectivity index is 1.80. The lowest BCUT2D eigenvalue weighted by atomic mass is 9.84. The van der Waals surface area contributed by atoms with E-state index < -0.39 is 29.6 Å². The Hall–Kier alpha value is -3.01. The molecule has 0 saturated carbocycles. The second-order valence-electron chi connectivity index (χ2n) is 8.54. The first-order chi connectivity index (χ1) is 16.3. The average molecular weight is 500 g/mol. The summed E-state index contributed by atoms with van der Waals surface area (Å²) in [6.07, 6.45) is -7.33. The molecule has 1 aliphatic rings. The number of amides is 1. The molecule has 1 aliphatic heterocycles. The first kappa shape index (κ1) is 26.6. The molecule has 1 heterocycles. The van der Waals surface area contributed by atoms with Gasteiger partial charge >= 0.3 is 12.4 Å². The summed E-state index contributed by atoms with van der Waals surface area (Å²) >= 11 is 0. The Morgan fingerprint density at radius 3 is 2.20 bits per heavy atom. The minimum Gasteiger partial charge on any atom is -0.494 e. The van der Waals surface area contributed by atoms with Gasteiger partial charge in [0.25, 0.3) is 0 Å². The summed E-state index contributed by atoms with van der Waals surface area (Å²) in [5, 5.41) is 6.25. The minimum atomic E-state index is -4.93. The molecule has 190 valence electrons. The van der Waals surface area contributed by atoms with Crippen molar-refractivity contribution in [3.05, 3.63) is 83.1 Å². The van der Waals surface area contributed by atoms with Crippen molar-refractivity contribution in [2.24, 2.45) is 5.92 Å². The third kappa shape index (κ3) is 7.24. The van der Waals surface area contributed by atoms with Gasteiger partial charge in [0, 0.05) is 31.5 Å². The normalized spacial score (nSPS) is 22.1. The van der Waals surface area contributed by atoms with Gasteiger partial charge in [0.15, 0.2) is 0 Å². The van der Waals surface area contributed by atoms with Crippen LogP contribution in [0.4, 0.5) is 26.3 Å². The van der Waals surface area contributed by atoms with E-state index in [2.05, 4.69) is 10.6 Å². The highest BCUT2D eigenvalue weighted by Crippen LogP contribution is 2.38. The van der Waals surface area contributed by atoms with Crippen LogP contribution in [-0.2, 0) is 21.9 Å². The Morgan fingerprint density at radius 1 is 1.06 bits per heavy atom. The van der Waals surface area contributed by atoms with Crippen molar-refractivity contribution in [2.45, 2.75) is 50.8 Å². The van der Waals surface area contributed by atoms with E-state index >= 15 is 0 Å². The van der Waals surface area contributed by atoms with Crippen LogP contribution in [0.25, 0.3) is 0 Å². The van der Waals surface area contributed by atoms with E-state index in [0.29, 0.717) is 25.1 Å². The van der Waals surface area contributed by atoms with Crippen molar-refractivity contribution in [1.82, 2.24) is 10.6 Å². The van der Waals surface area contributed by atoms with Crippen molar-refractivity contribution in [2.75, 3.05) is 6.54 Å². The quantitative estimate of drug-likeness (QED) is 0.368. The molecule has 0 aliphatic carbocycles. The Bertz CT molecular complexity index is 1000. The van der Waals surface area contributed by atoms with E-state index in [1.165, 1.54) is 20.1 Å². The van der Waals surface area contributed by atoms with Crippen molar-refractivity contribution < 1.29 is 35.9 Å². The molecule has 3 rings (SSSR count). The summed E-state index contributed by atoms with van der Waals surface area (Å²) in [6, 6.07) is 10.7. The Morgan fingerprint density at radius 2 is 1.66 bits per heavy atom. The van der Waals surface area contributed by atoms with Crippen LogP contribution < -0.4 is 10.6 Å². The number of halogens is 6. The van der Waals surface area contributed by atoms with Crippen LogP contribution in [0.5, 0.6) is 0 Å². The van der Waals surface area contributed by atoms with E-state index in [0.717, 1.165) is 5.56 Å².